The molecule has 2 aromatic carbocycles. The Kier molecular flexibility index (Phi) is 7.13. The first-order valence-corrected chi connectivity index (χ1v) is 10.4. The van der Waals surface area contributed by atoms with Crippen molar-refractivity contribution in [3.63, 3.8) is 0 Å². The van der Waals surface area contributed by atoms with E-state index in [0.29, 0.717) is 0 Å². The Morgan fingerprint density at radius 2 is 1.62 bits per heavy atom. The van der Waals surface area contributed by atoms with Crippen LogP contribution in [0.2, 0.25) is 0 Å². The van der Waals surface area contributed by atoms with Crippen molar-refractivity contribution in [2.75, 3.05) is 37.6 Å². The van der Waals surface area contributed by atoms with E-state index in [0.717, 1.165) is 13.1 Å². The maximum atomic E-state index is 2.62. The zero-order valence-corrected chi connectivity index (χ0v) is 16.6. The van der Waals surface area contributed by atoms with Crippen molar-refractivity contribution in [2.24, 2.45) is 0 Å². The molecular formula is C24H34N2. The molecular weight excluding hydrogens is 316 g/mol. The molecule has 2 heteroatoms. The Balaban J connectivity index is 1.47. The second-order valence-corrected chi connectivity index (χ2v) is 7.63. The van der Waals surface area contributed by atoms with Crippen LogP contribution in [0.25, 0.3) is 0 Å². The van der Waals surface area contributed by atoms with Gasteiger partial charge in [-0.1, -0.05) is 56.2 Å². The molecule has 3 rings (SSSR count). The molecule has 1 heterocycles. The lowest BCUT2D eigenvalue weighted by Crippen LogP contribution is -2.46. The number of aryl methyl sites for hydroxylation is 2. The molecule has 0 amide bonds. The van der Waals surface area contributed by atoms with E-state index < -0.39 is 0 Å². The van der Waals surface area contributed by atoms with Crippen LogP contribution in [-0.4, -0.2) is 37.6 Å². The Morgan fingerprint density at radius 3 is 2.35 bits per heavy atom. The molecule has 2 nitrogen and oxygen atoms in total. The highest BCUT2D eigenvalue weighted by Gasteiger charge is 2.16. The quantitative estimate of drug-likeness (QED) is 0.612. The third kappa shape index (κ3) is 5.35. The van der Waals surface area contributed by atoms with Gasteiger partial charge in [0.2, 0.25) is 0 Å². The zero-order valence-electron chi connectivity index (χ0n) is 16.6. The number of unbranched alkanes of at least 4 members (excludes halogenated alkanes) is 2. The van der Waals surface area contributed by atoms with Gasteiger partial charge in [-0.15, -0.1) is 0 Å². The summed E-state index contributed by atoms with van der Waals surface area (Å²) >= 11 is 0. The van der Waals surface area contributed by atoms with Crippen LogP contribution < -0.4 is 4.90 Å². The number of hydrogen-bond donors (Lipinski definition) is 0. The molecule has 140 valence electrons. The van der Waals surface area contributed by atoms with Gasteiger partial charge in [-0.05, 0) is 55.0 Å². The van der Waals surface area contributed by atoms with Gasteiger partial charge in [0.15, 0.2) is 0 Å². The van der Waals surface area contributed by atoms with E-state index in [2.05, 4.69) is 72.2 Å². The van der Waals surface area contributed by atoms with Gasteiger partial charge in [-0.3, -0.25) is 4.90 Å². The summed E-state index contributed by atoms with van der Waals surface area (Å²) in [6.07, 6.45) is 6.38. The van der Waals surface area contributed by atoms with Crippen LogP contribution in [0, 0.1) is 6.92 Å². The summed E-state index contributed by atoms with van der Waals surface area (Å²) in [5.41, 5.74) is 5.89. The Bertz CT molecular complexity index is 657. The van der Waals surface area contributed by atoms with E-state index in [-0.39, 0.29) is 0 Å². The van der Waals surface area contributed by atoms with E-state index in [1.165, 1.54) is 68.6 Å². The molecule has 0 aliphatic carbocycles. The molecule has 1 fully saturated rings. The predicted molar refractivity (Wildman–Crippen MR) is 113 cm³/mol. The minimum Gasteiger partial charge on any atom is -0.369 e. The highest BCUT2D eigenvalue weighted by Crippen LogP contribution is 2.17. The third-order valence-electron chi connectivity index (χ3n) is 5.67. The Morgan fingerprint density at radius 1 is 0.846 bits per heavy atom. The molecule has 26 heavy (non-hydrogen) atoms. The van der Waals surface area contributed by atoms with Crippen molar-refractivity contribution in [3.05, 3.63) is 65.2 Å². The molecule has 2 aromatic rings. The average Bonchev–Trinajstić information content (AvgIpc) is 2.69. The molecule has 0 aromatic heterocycles. The molecule has 0 radical (unpaired) electrons. The molecule has 1 aliphatic heterocycles. The van der Waals surface area contributed by atoms with Gasteiger partial charge in [-0.2, -0.15) is 0 Å². The summed E-state index contributed by atoms with van der Waals surface area (Å²) in [5.74, 6) is 0. The molecule has 0 atom stereocenters. The molecule has 1 saturated heterocycles. The van der Waals surface area contributed by atoms with Crippen LogP contribution in [0.3, 0.4) is 0 Å². The highest BCUT2D eigenvalue weighted by molar-refractivity contribution is 5.46. The van der Waals surface area contributed by atoms with E-state index in [1.54, 1.807) is 5.56 Å². The molecule has 0 bridgehead atoms. The maximum absolute atomic E-state index is 2.62. The van der Waals surface area contributed by atoms with Gasteiger partial charge < -0.3 is 4.90 Å². The minimum absolute atomic E-state index is 1.14. The fraction of sp³-hybridized carbons (Fsp3) is 0.500. The summed E-state index contributed by atoms with van der Waals surface area (Å²) in [6, 6.07) is 17.9. The summed E-state index contributed by atoms with van der Waals surface area (Å²) in [4.78, 5) is 5.13. The van der Waals surface area contributed by atoms with Crippen molar-refractivity contribution in [1.82, 2.24) is 4.90 Å². The Labute approximate surface area is 159 Å². The van der Waals surface area contributed by atoms with Crippen molar-refractivity contribution >= 4 is 5.69 Å². The third-order valence-corrected chi connectivity index (χ3v) is 5.67. The maximum Gasteiger partial charge on any atom is 0.0367 e. The van der Waals surface area contributed by atoms with Gasteiger partial charge in [0.1, 0.15) is 0 Å². The van der Waals surface area contributed by atoms with Crippen molar-refractivity contribution in [3.8, 4) is 0 Å². The second kappa shape index (κ2) is 9.78. The zero-order chi connectivity index (χ0) is 18.2. The Hall–Kier alpha value is -1.80. The lowest BCUT2D eigenvalue weighted by atomic mass is 9.98. The van der Waals surface area contributed by atoms with E-state index >= 15 is 0 Å². The van der Waals surface area contributed by atoms with Gasteiger partial charge in [0, 0.05) is 38.4 Å². The van der Waals surface area contributed by atoms with Gasteiger partial charge in [0.25, 0.3) is 0 Å². The second-order valence-electron chi connectivity index (χ2n) is 7.63. The van der Waals surface area contributed by atoms with E-state index in [9.17, 15) is 0 Å². The monoisotopic (exact) mass is 350 g/mol. The lowest BCUT2D eigenvalue weighted by molar-refractivity contribution is 0.261. The van der Waals surface area contributed by atoms with Crippen molar-refractivity contribution in [1.29, 1.82) is 0 Å². The standard InChI is InChI=1S/C24H34N2/c1-3-4-6-9-23-20-22(13-12-21(23)2)14-15-25-16-18-26(19-17-25)24-10-7-5-8-11-24/h5,7-8,10-13,20H,3-4,6,9,14-19H2,1-2H3. The van der Waals surface area contributed by atoms with Gasteiger partial charge in [0.05, 0.1) is 0 Å². The molecule has 0 spiro atoms. The van der Waals surface area contributed by atoms with Crippen molar-refractivity contribution in [2.45, 2.75) is 46.0 Å². The number of benzene rings is 2. The summed E-state index contributed by atoms with van der Waals surface area (Å²) < 4.78 is 0. The van der Waals surface area contributed by atoms with Crippen LogP contribution in [0.1, 0.15) is 42.9 Å². The highest BCUT2D eigenvalue weighted by atomic mass is 15.3. The summed E-state index contributed by atoms with van der Waals surface area (Å²) in [5, 5.41) is 0. The topological polar surface area (TPSA) is 6.48 Å². The lowest BCUT2D eigenvalue weighted by Gasteiger charge is -2.36. The van der Waals surface area contributed by atoms with Crippen LogP contribution in [0.4, 0.5) is 5.69 Å². The normalized spacial score (nSPS) is 15.4. The first kappa shape index (κ1) is 19.0. The fourth-order valence-electron chi connectivity index (χ4n) is 3.87. The molecule has 0 saturated carbocycles. The molecule has 0 N–H and O–H groups in total. The van der Waals surface area contributed by atoms with Crippen LogP contribution in [-0.2, 0) is 12.8 Å². The first-order chi connectivity index (χ1) is 12.8. The number of anilines is 1. The van der Waals surface area contributed by atoms with Crippen LogP contribution in [0.5, 0.6) is 0 Å². The number of nitrogens with zero attached hydrogens (tertiary/aromatic N) is 2. The predicted octanol–water partition coefficient (Wildman–Crippen LogP) is 5.09. The van der Waals surface area contributed by atoms with E-state index in [4.69, 9.17) is 0 Å². The average molecular weight is 351 g/mol. The van der Waals surface area contributed by atoms with E-state index in [1.807, 2.05) is 0 Å². The molecule has 0 unspecified atom stereocenters. The summed E-state index contributed by atoms with van der Waals surface area (Å²) in [7, 11) is 0. The SMILES string of the molecule is CCCCCc1cc(CCN2CCN(c3ccccc3)CC2)ccc1C. The van der Waals surface area contributed by atoms with Crippen molar-refractivity contribution < 1.29 is 0 Å². The number of para-hydroxylation sites is 1. The van der Waals surface area contributed by atoms with Crippen LogP contribution in [0.15, 0.2) is 48.5 Å². The largest absolute Gasteiger partial charge is 0.369 e. The number of rotatable bonds is 8. The van der Waals surface area contributed by atoms with Gasteiger partial charge >= 0.3 is 0 Å². The molecule has 1 aliphatic rings. The van der Waals surface area contributed by atoms with Gasteiger partial charge in [-0.25, -0.2) is 0 Å². The fourth-order valence-corrected chi connectivity index (χ4v) is 3.87. The minimum atomic E-state index is 1.14. The number of piperazine rings is 1. The first-order valence-electron chi connectivity index (χ1n) is 10.4. The van der Waals surface area contributed by atoms with Crippen LogP contribution >= 0.6 is 0 Å². The smallest absolute Gasteiger partial charge is 0.0367 e. The summed E-state index contributed by atoms with van der Waals surface area (Å²) in [6.45, 7) is 10.3. The number of hydrogen-bond acceptors (Lipinski definition) is 2.